The lowest BCUT2D eigenvalue weighted by molar-refractivity contribution is 0.263. The molecular weight excluding hydrogens is 432 g/mol. The number of ether oxygens (including phenoxy) is 1. The fourth-order valence-corrected chi connectivity index (χ4v) is 4.06. The summed E-state index contributed by atoms with van der Waals surface area (Å²) in [7, 11) is 1.64. The van der Waals surface area contributed by atoms with Crippen LogP contribution in [0.1, 0.15) is 25.0 Å². The van der Waals surface area contributed by atoms with E-state index in [1.54, 1.807) is 7.11 Å². The highest BCUT2D eigenvalue weighted by Gasteiger charge is 2.15. The van der Waals surface area contributed by atoms with E-state index in [0.29, 0.717) is 17.2 Å². The van der Waals surface area contributed by atoms with E-state index >= 15 is 0 Å². The van der Waals surface area contributed by atoms with Crippen molar-refractivity contribution in [1.29, 1.82) is 0 Å². The van der Waals surface area contributed by atoms with Gasteiger partial charge >= 0.3 is 0 Å². The Hall–Kier alpha value is -2.90. The van der Waals surface area contributed by atoms with E-state index in [0.717, 1.165) is 55.8 Å². The predicted octanol–water partition coefficient (Wildman–Crippen LogP) is 3.80. The fraction of sp³-hybridized carbons (Fsp3) is 0.385. The van der Waals surface area contributed by atoms with E-state index in [-0.39, 0.29) is 5.56 Å². The number of nitrogens with one attached hydrogen (secondary N) is 2. The first-order valence-corrected chi connectivity index (χ1v) is 11.9. The van der Waals surface area contributed by atoms with Crippen molar-refractivity contribution in [3.05, 3.63) is 76.1 Å². The Labute approximate surface area is 201 Å². The van der Waals surface area contributed by atoms with Crippen molar-refractivity contribution < 1.29 is 4.74 Å². The molecule has 3 aromatic rings. The summed E-state index contributed by atoms with van der Waals surface area (Å²) < 4.78 is 5.34. The quantitative estimate of drug-likeness (QED) is 0.419. The van der Waals surface area contributed by atoms with Gasteiger partial charge in [-0.15, -0.1) is 0 Å². The molecule has 0 saturated carbocycles. The van der Waals surface area contributed by atoms with Crippen molar-refractivity contribution in [1.82, 2.24) is 20.1 Å². The molecule has 0 atom stereocenters. The Morgan fingerprint density at radius 1 is 1.06 bits per heavy atom. The second kappa shape index (κ2) is 12.4. The molecule has 0 amide bonds. The molecule has 1 aromatic heterocycles. The van der Waals surface area contributed by atoms with Crippen LogP contribution in [-0.4, -0.2) is 59.7 Å². The van der Waals surface area contributed by atoms with Crippen LogP contribution >= 0.6 is 12.2 Å². The Balaban J connectivity index is 1.75. The number of pyridine rings is 1. The van der Waals surface area contributed by atoms with Gasteiger partial charge in [0.15, 0.2) is 5.11 Å². The van der Waals surface area contributed by atoms with Crippen LogP contribution in [0.2, 0.25) is 0 Å². The minimum atomic E-state index is -0.0902. The number of H-pyrrole nitrogens is 1. The molecular formula is C26H34N4O2S. The number of fused-ring (bicyclic) bond motifs is 1. The Morgan fingerprint density at radius 3 is 2.52 bits per heavy atom. The highest BCUT2D eigenvalue weighted by Crippen LogP contribution is 2.19. The number of thiocarbonyl (C=S) groups is 1. The van der Waals surface area contributed by atoms with Crippen LogP contribution in [0.3, 0.4) is 0 Å². The van der Waals surface area contributed by atoms with Crippen molar-refractivity contribution in [3.8, 4) is 5.75 Å². The number of rotatable bonds is 11. The first-order valence-electron chi connectivity index (χ1n) is 11.5. The second-order valence-electron chi connectivity index (χ2n) is 7.99. The van der Waals surface area contributed by atoms with E-state index < -0.39 is 0 Å². The topological polar surface area (TPSA) is 60.6 Å². The van der Waals surface area contributed by atoms with Crippen LogP contribution in [0, 0.1) is 0 Å². The molecule has 0 aliphatic heterocycles. The lowest BCUT2D eigenvalue weighted by Gasteiger charge is -2.29. The van der Waals surface area contributed by atoms with Crippen LogP contribution in [0.4, 0.5) is 0 Å². The molecule has 6 nitrogen and oxygen atoms in total. The standard InChI is InChI=1S/C26H34N4O2S/c1-4-29(5-2)15-16-30(26(33)27-14-13-20-9-7-6-8-10-20)19-22-17-21-18-23(32-3)11-12-24(21)28-25(22)31/h6-12,17-18H,4-5,13-16,19H2,1-3H3,(H,27,33)(H,28,31). The molecule has 176 valence electrons. The normalized spacial score (nSPS) is 11.0. The molecule has 0 radical (unpaired) electrons. The number of aromatic amines is 1. The van der Waals surface area contributed by atoms with Gasteiger partial charge in [0.2, 0.25) is 0 Å². The molecule has 0 aliphatic rings. The molecule has 0 bridgehead atoms. The molecule has 33 heavy (non-hydrogen) atoms. The maximum absolute atomic E-state index is 12.8. The van der Waals surface area contributed by atoms with Gasteiger partial charge in [0, 0.05) is 36.1 Å². The van der Waals surface area contributed by atoms with E-state index in [1.165, 1.54) is 5.56 Å². The zero-order valence-corrected chi connectivity index (χ0v) is 20.6. The number of nitrogens with zero attached hydrogens (tertiary/aromatic N) is 2. The number of aromatic nitrogens is 1. The van der Waals surface area contributed by atoms with E-state index in [4.69, 9.17) is 17.0 Å². The summed E-state index contributed by atoms with van der Waals surface area (Å²) in [6, 6.07) is 17.9. The van der Waals surface area contributed by atoms with Crippen LogP contribution in [0.15, 0.2) is 59.4 Å². The largest absolute Gasteiger partial charge is 0.497 e. The van der Waals surface area contributed by atoms with E-state index in [1.807, 2.05) is 42.5 Å². The van der Waals surface area contributed by atoms with Gasteiger partial charge in [0.1, 0.15) is 5.75 Å². The Morgan fingerprint density at radius 2 is 1.82 bits per heavy atom. The highest BCUT2D eigenvalue weighted by atomic mass is 32.1. The van der Waals surface area contributed by atoms with Crippen molar-refractivity contribution >= 4 is 28.2 Å². The summed E-state index contributed by atoms with van der Waals surface area (Å²) >= 11 is 5.76. The summed E-state index contributed by atoms with van der Waals surface area (Å²) in [6.45, 7) is 9.10. The first kappa shape index (κ1) is 24.7. The molecule has 0 aliphatic carbocycles. The van der Waals surface area contributed by atoms with Gasteiger partial charge in [0.25, 0.3) is 5.56 Å². The van der Waals surface area contributed by atoms with Crippen LogP contribution in [-0.2, 0) is 13.0 Å². The third-order valence-electron chi connectivity index (χ3n) is 5.89. The third-order valence-corrected chi connectivity index (χ3v) is 6.29. The number of likely N-dealkylation sites (N-methyl/N-ethyl adjacent to an activating group) is 1. The van der Waals surface area contributed by atoms with Crippen molar-refractivity contribution in [2.45, 2.75) is 26.8 Å². The number of methoxy groups -OCH3 is 1. The van der Waals surface area contributed by atoms with Gasteiger partial charge in [-0.25, -0.2) is 0 Å². The summed E-state index contributed by atoms with van der Waals surface area (Å²) in [6.07, 6.45) is 0.890. The lowest BCUT2D eigenvalue weighted by Crippen LogP contribution is -2.44. The van der Waals surface area contributed by atoms with Crippen LogP contribution in [0.5, 0.6) is 5.75 Å². The van der Waals surface area contributed by atoms with Gasteiger partial charge in [0.05, 0.1) is 13.7 Å². The maximum Gasteiger partial charge on any atom is 0.253 e. The molecule has 3 rings (SSSR count). The fourth-order valence-electron chi connectivity index (χ4n) is 3.80. The average molecular weight is 467 g/mol. The predicted molar refractivity (Wildman–Crippen MR) is 140 cm³/mol. The second-order valence-corrected chi connectivity index (χ2v) is 8.38. The van der Waals surface area contributed by atoms with Crippen molar-refractivity contribution in [2.24, 2.45) is 0 Å². The molecule has 0 fully saturated rings. The lowest BCUT2D eigenvalue weighted by atomic mass is 10.1. The monoisotopic (exact) mass is 466 g/mol. The summed E-state index contributed by atoms with van der Waals surface area (Å²) in [4.78, 5) is 20.3. The van der Waals surface area contributed by atoms with Crippen molar-refractivity contribution in [2.75, 3.05) is 39.8 Å². The van der Waals surface area contributed by atoms with Gasteiger partial charge in [-0.2, -0.15) is 0 Å². The molecule has 2 aromatic carbocycles. The molecule has 1 heterocycles. The highest BCUT2D eigenvalue weighted by molar-refractivity contribution is 7.80. The SMILES string of the molecule is CCN(CC)CCN(Cc1cc2cc(OC)ccc2[nH]c1=O)C(=S)NCCc1ccccc1. The van der Waals surface area contributed by atoms with Crippen molar-refractivity contribution in [3.63, 3.8) is 0 Å². The summed E-state index contributed by atoms with van der Waals surface area (Å²) in [5, 5.41) is 5.00. The molecule has 0 saturated heterocycles. The average Bonchev–Trinajstić information content (AvgIpc) is 2.84. The minimum Gasteiger partial charge on any atom is -0.497 e. The zero-order chi connectivity index (χ0) is 23.6. The molecule has 0 spiro atoms. The third kappa shape index (κ3) is 7.04. The van der Waals surface area contributed by atoms with E-state index in [2.05, 4.69) is 46.1 Å². The summed E-state index contributed by atoms with van der Waals surface area (Å²) in [5.41, 5.74) is 2.65. The van der Waals surface area contributed by atoms with Gasteiger partial charge in [-0.05, 0) is 61.6 Å². The molecule has 0 unspecified atom stereocenters. The maximum atomic E-state index is 12.8. The smallest absolute Gasteiger partial charge is 0.253 e. The Kier molecular flexibility index (Phi) is 9.27. The Bertz CT molecular complexity index is 1100. The van der Waals surface area contributed by atoms with Crippen LogP contribution in [0.25, 0.3) is 10.9 Å². The number of benzene rings is 2. The first-order chi connectivity index (χ1) is 16.0. The van der Waals surface area contributed by atoms with Crippen LogP contribution < -0.4 is 15.6 Å². The minimum absolute atomic E-state index is 0.0902. The van der Waals surface area contributed by atoms with Gasteiger partial charge < -0.3 is 24.8 Å². The number of hydrogen-bond acceptors (Lipinski definition) is 4. The summed E-state index contributed by atoms with van der Waals surface area (Å²) in [5.74, 6) is 0.761. The van der Waals surface area contributed by atoms with E-state index in [9.17, 15) is 4.79 Å². The zero-order valence-electron chi connectivity index (χ0n) is 19.8. The molecule has 2 N–H and O–H groups in total. The molecule has 7 heteroatoms. The van der Waals surface area contributed by atoms with Gasteiger partial charge in [-0.3, -0.25) is 4.79 Å². The number of hydrogen-bond donors (Lipinski definition) is 2. The van der Waals surface area contributed by atoms with Gasteiger partial charge in [-0.1, -0.05) is 44.2 Å².